The first-order valence-corrected chi connectivity index (χ1v) is 28.0. The van der Waals surface area contributed by atoms with Gasteiger partial charge in [0.2, 0.25) is 5.91 Å². The van der Waals surface area contributed by atoms with E-state index in [1.165, 1.54) is 21.4 Å². The number of pyridine rings is 2. The van der Waals surface area contributed by atoms with Gasteiger partial charge in [0.15, 0.2) is 5.60 Å². The molecule has 2 aromatic heterocycles. The predicted octanol–water partition coefficient (Wildman–Crippen LogP) is 4.59. The minimum atomic E-state index is -2.00. The van der Waals surface area contributed by atoms with E-state index in [9.17, 15) is 24.3 Å². The lowest BCUT2D eigenvalue weighted by atomic mass is 9.81. The normalized spacial score (nSPS) is 16.2. The zero-order chi connectivity index (χ0) is 54.0. The van der Waals surface area contributed by atoms with Gasteiger partial charge in [0.1, 0.15) is 19.0 Å². The third kappa shape index (κ3) is 17.7. The van der Waals surface area contributed by atoms with Crippen LogP contribution in [0.3, 0.4) is 0 Å². The first-order valence-electron chi connectivity index (χ1n) is 25.6. The molecule has 1 aliphatic carbocycles. The second-order valence-corrected chi connectivity index (χ2v) is 20.1. The maximum atomic E-state index is 15.3. The Morgan fingerprint density at radius 2 is 1.39 bits per heavy atom. The minimum Gasteiger partial charge on any atom is -0.458 e. The smallest absolute Gasteiger partial charge is 0.407 e. The highest BCUT2D eigenvalue weighted by Gasteiger charge is 2.46. The van der Waals surface area contributed by atoms with Gasteiger partial charge < -0.3 is 72.4 Å². The monoisotopic (exact) mass is 1110 g/mol. The average Bonchev–Trinajstić information content (AvgIpc) is 3.85. The second-order valence-electron chi connectivity index (χ2n) is 17.4. The third-order valence-electron chi connectivity index (χ3n) is 12.5. The van der Waals surface area contributed by atoms with Crippen LogP contribution in [-0.4, -0.2) is 183 Å². The summed E-state index contributed by atoms with van der Waals surface area (Å²) in [6, 6.07) is 2.46. The molecule has 2 amide bonds. The number of alkyl carbamates (subject to hydrolysis) is 1. The molecule has 0 saturated carbocycles. The molecule has 0 fully saturated rings. The summed E-state index contributed by atoms with van der Waals surface area (Å²) in [5.41, 5.74) is 10.1. The molecule has 6 rings (SSSR count). The number of benzene rings is 1. The van der Waals surface area contributed by atoms with E-state index in [0.29, 0.717) is 178 Å². The Morgan fingerprint density at radius 3 is 1.97 bits per heavy atom. The summed E-state index contributed by atoms with van der Waals surface area (Å²) in [6.07, 6.45) is 0.554. The van der Waals surface area contributed by atoms with E-state index in [1.54, 1.807) is 30.7 Å². The van der Waals surface area contributed by atoms with Crippen LogP contribution in [0.2, 0.25) is 0 Å². The number of nitrogens with one attached hydrogen (secondary N) is 2. The average molecular weight is 1110 g/mol. The van der Waals surface area contributed by atoms with Crippen molar-refractivity contribution in [3.05, 3.63) is 72.1 Å². The molecule has 3 aromatic rings. The molecule has 23 nitrogen and oxygen atoms in total. The van der Waals surface area contributed by atoms with Gasteiger partial charge in [-0.3, -0.25) is 9.59 Å². The number of aryl methyl sites for hydroxylation is 1. The summed E-state index contributed by atoms with van der Waals surface area (Å²) in [5, 5.41) is 21.3. The van der Waals surface area contributed by atoms with Crippen molar-refractivity contribution in [1.29, 1.82) is 0 Å². The number of rotatable bonds is 39. The van der Waals surface area contributed by atoms with Gasteiger partial charge in [0.25, 0.3) is 5.56 Å². The number of hydrogen-bond acceptors (Lipinski definition) is 20. The molecular formula is C50H70FN7O16S2. The van der Waals surface area contributed by atoms with Gasteiger partial charge in [0.05, 0.1) is 154 Å². The number of nitrogens with zero attached hydrogens (tertiary/aromatic N) is 5. The quantitative estimate of drug-likeness (QED) is 0.0138. The van der Waals surface area contributed by atoms with Gasteiger partial charge in [-0.25, -0.2) is 19.0 Å². The van der Waals surface area contributed by atoms with Crippen molar-refractivity contribution in [1.82, 2.24) is 20.2 Å². The first-order chi connectivity index (χ1) is 37.1. The number of amides is 2. The fourth-order valence-electron chi connectivity index (χ4n) is 8.67. The molecule has 0 unspecified atom stereocenters. The lowest BCUT2D eigenvalue weighted by Gasteiger charge is -2.31. The highest BCUT2D eigenvalue weighted by atomic mass is 33.1. The first kappa shape index (κ1) is 60.6. The van der Waals surface area contributed by atoms with E-state index in [4.69, 9.17) is 62.6 Å². The number of halogens is 1. The molecule has 2 aliphatic heterocycles. The zero-order valence-electron chi connectivity index (χ0n) is 43.2. The Morgan fingerprint density at radius 1 is 0.829 bits per heavy atom. The number of cyclic esters (lactones) is 1. The van der Waals surface area contributed by atoms with E-state index in [0.717, 1.165) is 16.5 Å². The van der Waals surface area contributed by atoms with Crippen LogP contribution in [0.1, 0.15) is 65.6 Å². The Labute approximate surface area is 448 Å². The molecule has 4 heterocycles. The zero-order valence-corrected chi connectivity index (χ0v) is 44.9. The number of carbonyl (C=O) groups excluding carboxylic acids is 3. The number of aromatic nitrogens is 2. The van der Waals surface area contributed by atoms with Crippen molar-refractivity contribution < 1.29 is 76.0 Å². The van der Waals surface area contributed by atoms with Crippen LogP contribution in [0, 0.1) is 12.7 Å². The second kappa shape index (κ2) is 32.9. The van der Waals surface area contributed by atoms with Crippen LogP contribution in [0.5, 0.6) is 0 Å². The van der Waals surface area contributed by atoms with Crippen molar-refractivity contribution in [3.63, 3.8) is 0 Å². The topological polar surface area (TPSA) is 281 Å². The van der Waals surface area contributed by atoms with Gasteiger partial charge in [0, 0.05) is 58.5 Å². The van der Waals surface area contributed by atoms with Gasteiger partial charge in [-0.15, -0.1) is 0 Å². The SMILES string of the molecule is CC[C@@]1(O)C(=O)OCc2c1cc1n(c2=O)Cc2c-1nc1cc(F)c(C)c3c1c2[C@@H](NC(=O)OCCSSCCNC(=O)CCOCCOCCOCCOCCOCCOCCOCCOCCOCCN=[N+]=[N-])CC3. The molecule has 1 aromatic carbocycles. The fourth-order valence-corrected chi connectivity index (χ4v) is 10.4. The minimum absolute atomic E-state index is 0.00384. The summed E-state index contributed by atoms with van der Waals surface area (Å²) in [6.45, 7) is 11.8. The molecule has 76 heavy (non-hydrogen) atoms. The number of esters is 1. The summed E-state index contributed by atoms with van der Waals surface area (Å²) < 4.78 is 76.6. The maximum absolute atomic E-state index is 15.3. The molecule has 0 bridgehead atoms. The Hall–Kier alpha value is -4.67. The Bertz CT molecular complexity index is 2490. The van der Waals surface area contributed by atoms with Crippen LogP contribution in [0.25, 0.3) is 32.7 Å². The molecule has 3 N–H and O–H groups in total. The molecule has 0 radical (unpaired) electrons. The van der Waals surface area contributed by atoms with Crippen LogP contribution in [0.4, 0.5) is 9.18 Å². The number of fused-ring (bicyclic) bond motifs is 5. The van der Waals surface area contributed by atoms with Crippen LogP contribution in [-0.2, 0) is 86.9 Å². The highest BCUT2D eigenvalue weighted by molar-refractivity contribution is 8.76. The standard InChI is InChI=1S/C50H70FN7O16S2/c1-3-50(63)38-30-42-46-36(32-58(42)47(60)37(38)33-74-48(50)61)45-40(5-4-35-34(2)39(51)31-41(55-46)44(35)45)56-49(62)73-27-29-76-75-28-8-53-43(59)6-9-64-11-13-66-15-17-68-19-21-70-23-25-72-26-24-71-22-20-69-18-16-67-14-12-65-10-7-54-57-52/h30-31,40,63H,3-29,32-33H2,1-2H3,(H,53,59)(H,56,62)/t40-,50-/m0/s1. The number of aliphatic hydroxyl groups is 1. The third-order valence-corrected chi connectivity index (χ3v) is 14.9. The number of azide groups is 1. The van der Waals surface area contributed by atoms with Crippen molar-refractivity contribution in [2.24, 2.45) is 5.11 Å². The summed E-state index contributed by atoms with van der Waals surface area (Å²) in [4.78, 5) is 59.6. The summed E-state index contributed by atoms with van der Waals surface area (Å²) >= 11 is 0. The van der Waals surface area contributed by atoms with Crippen molar-refractivity contribution in [2.45, 2.75) is 64.3 Å². The fraction of sp³-hybridized carbons (Fsp3) is 0.660. The lowest BCUT2D eigenvalue weighted by molar-refractivity contribution is -0.172. The lowest BCUT2D eigenvalue weighted by Crippen LogP contribution is -2.44. The van der Waals surface area contributed by atoms with E-state index in [-0.39, 0.29) is 56.2 Å². The van der Waals surface area contributed by atoms with Crippen molar-refractivity contribution in [2.75, 3.05) is 150 Å². The molecule has 0 spiro atoms. The Kier molecular flexibility index (Phi) is 26.2. The van der Waals surface area contributed by atoms with Crippen LogP contribution in [0.15, 0.2) is 22.0 Å². The molecule has 26 heteroatoms. The van der Waals surface area contributed by atoms with E-state index in [1.807, 2.05) is 0 Å². The molecule has 3 aliphatic rings. The number of carbonyl (C=O) groups is 3. The van der Waals surface area contributed by atoms with E-state index >= 15 is 4.39 Å². The maximum Gasteiger partial charge on any atom is 0.407 e. The molecule has 2 atom stereocenters. The van der Waals surface area contributed by atoms with Gasteiger partial charge in [-0.05, 0) is 54.5 Å². The Balaban J connectivity index is 0.733. The highest BCUT2D eigenvalue weighted by Crippen LogP contribution is 2.46. The molecular weight excluding hydrogens is 1040 g/mol. The summed E-state index contributed by atoms with van der Waals surface area (Å²) in [5.74, 6) is -0.191. The largest absolute Gasteiger partial charge is 0.458 e. The van der Waals surface area contributed by atoms with Crippen LogP contribution >= 0.6 is 21.6 Å². The predicted molar refractivity (Wildman–Crippen MR) is 279 cm³/mol. The van der Waals surface area contributed by atoms with Crippen LogP contribution < -0.4 is 16.2 Å². The van der Waals surface area contributed by atoms with E-state index in [2.05, 4.69) is 20.7 Å². The van der Waals surface area contributed by atoms with Gasteiger partial charge >= 0.3 is 12.1 Å². The summed E-state index contributed by atoms with van der Waals surface area (Å²) in [7, 11) is 3.06. The number of ether oxygens (including phenoxy) is 11. The van der Waals surface area contributed by atoms with E-state index < -0.39 is 35.1 Å². The van der Waals surface area contributed by atoms with Crippen molar-refractivity contribution in [3.8, 4) is 11.4 Å². The molecule has 0 saturated heterocycles. The van der Waals surface area contributed by atoms with Gasteiger partial charge in [-0.1, -0.05) is 33.6 Å². The van der Waals surface area contributed by atoms with Gasteiger partial charge in [-0.2, -0.15) is 0 Å². The number of hydrogen-bond donors (Lipinski definition) is 3. The molecule has 420 valence electrons. The van der Waals surface area contributed by atoms with Crippen molar-refractivity contribution >= 4 is 50.5 Å².